The van der Waals surface area contributed by atoms with Crippen LogP contribution in [0.3, 0.4) is 0 Å². The van der Waals surface area contributed by atoms with E-state index >= 15 is 0 Å². The number of rotatable bonds is 1. The molecule has 2 heterocycles. The Kier molecular flexibility index (Phi) is 5.36. The number of fused-ring (bicyclic) bond motifs is 1. The van der Waals surface area contributed by atoms with Crippen LogP contribution in [0.4, 0.5) is 29.7 Å². The predicted molar refractivity (Wildman–Crippen MR) is 100 cm³/mol. The number of alkyl halides is 2. The van der Waals surface area contributed by atoms with Gasteiger partial charge < -0.3 is 14.4 Å². The summed E-state index contributed by atoms with van der Waals surface area (Å²) in [5, 5.41) is 2.63. The molecule has 3 rings (SSSR count). The number of ether oxygens (including phenoxy) is 2. The molecule has 2 aliphatic heterocycles. The number of anilines is 2. The first-order valence-electron chi connectivity index (χ1n) is 9.25. The topological polar surface area (TPSA) is 71.1 Å². The van der Waals surface area contributed by atoms with Crippen LogP contribution in [-0.2, 0) is 4.74 Å². The van der Waals surface area contributed by atoms with Crippen molar-refractivity contribution in [2.75, 3.05) is 36.5 Å². The third kappa shape index (κ3) is 4.82. The highest BCUT2D eigenvalue weighted by Crippen LogP contribution is 2.36. The van der Waals surface area contributed by atoms with E-state index in [9.17, 15) is 18.4 Å². The molecule has 3 amide bonds. The van der Waals surface area contributed by atoms with Gasteiger partial charge in [0.15, 0.2) is 0 Å². The van der Waals surface area contributed by atoms with Gasteiger partial charge in [-0.05, 0) is 39.0 Å². The first kappa shape index (κ1) is 20.2. The minimum Gasteiger partial charge on any atom is -0.490 e. The van der Waals surface area contributed by atoms with Crippen molar-refractivity contribution in [2.45, 2.75) is 45.1 Å². The fourth-order valence-corrected chi connectivity index (χ4v) is 3.11. The van der Waals surface area contributed by atoms with Gasteiger partial charge in [-0.15, -0.1) is 0 Å². The molecule has 0 unspecified atom stereocenters. The van der Waals surface area contributed by atoms with E-state index < -0.39 is 17.6 Å². The maximum atomic E-state index is 13.4. The van der Waals surface area contributed by atoms with E-state index in [2.05, 4.69) is 5.32 Å². The third-order valence-corrected chi connectivity index (χ3v) is 4.46. The SMILES string of the molecule is CC(C)(C)OC(=O)Nc1ccc2c(c1)N(C(=O)N1CCC(F)(F)CC1)CCO2. The van der Waals surface area contributed by atoms with Crippen LogP contribution < -0.4 is 15.0 Å². The van der Waals surface area contributed by atoms with Gasteiger partial charge in [-0.2, -0.15) is 0 Å². The first-order valence-corrected chi connectivity index (χ1v) is 9.25. The molecule has 2 aliphatic rings. The molecular formula is C19H25F2N3O4. The van der Waals surface area contributed by atoms with Gasteiger partial charge in [0.2, 0.25) is 0 Å². The zero-order valence-corrected chi connectivity index (χ0v) is 16.3. The van der Waals surface area contributed by atoms with Gasteiger partial charge >= 0.3 is 12.1 Å². The minimum absolute atomic E-state index is 0.00831. The summed E-state index contributed by atoms with van der Waals surface area (Å²) in [7, 11) is 0. The molecule has 0 aromatic heterocycles. The summed E-state index contributed by atoms with van der Waals surface area (Å²) >= 11 is 0. The molecule has 0 bridgehead atoms. The summed E-state index contributed by atoms with van der Waals surface area (Å²) in [6, 6.07) is 4.59. The number of benzene rings is 1. The Morgan fingerprint density at radius 1 is 1.18 bits per heavy atom. The number of amides is 3. The number of likely N-dealkylation sites (tertiary alicyclic amines) is 1. The van der Waals surface area contributed by atoms with Crippen molar-refractivity contribution in [3.05, 3.63) is 18.2 Å². The highest BCUT2D eigenvalue weighted by molar-refractivity contribution is 5.96. The maximum absolute atomic E-state index is 13.4. The smallest absolute Gasteiger partial charge is 0.412 e. The number of carbonyl (C=O) groups is 2. The van der Waals surface area contributed by atoms with Crippen LogP contribution in [0.2, 0.25) is 0 Å². The van der Waals surface area contributed by atoms with Gasteiger partial charge in [0, 0.05) is 31.6 Å². The zero-order valence-electron chi connectivity index (χ0n) is 16.3. The molecule has 9 heteroatoms. The van der Waals surface area contributed by atoms with Crippen LogP contribution in [0.1, 0.15) is 33.6 Å². The Morgan fingerprint density at radius 3 is 2.50 bits per heavy atom. The Bertz CT molecular complexity index is 754. The van der Waals surface area contributed by atoms with E-state index in [1.807, 2.05) is 0 Å². The second-order valence-corrected chi connectivity index (χ2v) is 7.94. The molecular weight excluding hydrogens is 372 g/mol. The van der Waals surface area contributed by atoms with E-state index in [1.54, 1.807) is 39.0 Å². The van der Waals surface area contributed by atoms with Crippen molar-refractivity contribution < 1.29 is 27.8 Å². The highest BCUT2D eigenvalue weighted by Gasteiger charge is 2.38. The summed E-state index contributed by atoms with van der Waals surface area (Å²) in [5.74, 6) is -2.22. The number of nitrogens with one attached hydrogen (secondary N) is 1. The normalized spacial score (nSPS) is 18.8. The first-order chi connectivity index (χ1) is 13.0. The van der Waals surface area contributed by atoms with Gasteiger partial charge in [-0.1, -0.05) is 0 Å². The fourth-order valence-electron chi connectivity index (χ4n) is 3.11. The molecule has 1 aromatic rings. The molecule has 0 aliphatic carbocycles. The van der Waals surface area contributed by atoms with Crippen molar-refractivity contribution in [2.24, 2.45) is 0 Å². The Labute approximate surface area is 162 Å². The number of hydrogen-bond acceptors (Lipinski definition) is 4. The van der Waals surface area contributed by atoms with Crippen molar-refractivity contribution in [1.82, 2.24) is 4.90 Å². The summed E-state index contributed by atoms with van der Waals surface area (Å²) in [6.07, 6.45) is -1.29. The predicted octanol–water partition coefficient (Wildman–Crippen LogP) is 4.08. The van der Waals surface area contributed by atoms with Gasteiger partial charge in [0.1, 0.15) is 18.0 Å². The lowest BCUT2D eigenvalue weighted by atomic mass is 10.1. The number of halogens is 2. The van der Waals surface area contributed by atoms with Crippen LogP contribution in [0.25, 0.3) is 0 Å². The fraction of sp³-hybridized carbons (Fsp3) is 0.579. The van der Waals surface area contributed by atoms with Crippen LogP contribution in [0.15, 0.2) is 18.2 Å². The van der Waals surface area contributed by atoms with Crippen molar-refractivity contribution >= 4 is 23.5 Å². The molecule has 0 atom stereocenters. The summed E-state index contributed by atoms with van der Waals surface area (Å²) < 4.78 is 37.6. The highest BCUT2D eigenvalue weighted by atomic mass is 19.3. The molecule has 7 nitrogen and oxygen atoms in total. The number of hydrogen-bond donors (Lipinski definition) is 1. The lowest BCUT2D eigenvalue weighted by molar-refractivity contribution is -0.0465. The number of urea groups is 1. The molecule has 0 radical (unpaired) electrons. The molecule has 1 saturated heterocycles. The number of piperidine rings is 1. The van der Waals surface area contributed by atoms with Gasteiger partial charge in [0.25, 0.3) is 5.92 Å². The average molecular weight is 397 g/mol. The largest absolute Gasteiger partial charge is 0.490 e. The van der Waals surface area contributed by atoms with Gasteiger partial charge in [-0.3, -0.25) is 10.2 Å². The number of nitrogens with zero attached hydrogens (tertiary/aromatic N) is 2. The summed E-state index contributed by atoms with van der Waals surface area (Å²) in [4.78, 5) is 27.8. The van der Waals surface area contributed by atoms with E-state index in [-0.39, 0.29) is 32.0 Å². The van der Waals surface area contributed by atoms with E-state index in [1.165, 1.54) is 9.80 Å². The van der Waals surface area contributed by atoms with Crippen molar-refractivity contribution in [3.8, 4) is 5.75 Å². The maximum Gasteiger partial charge on any atom is 0.412 e. The third-order valence-electron chi connectivity index (χ3n) is 4.46. The minimum atomic E-state index is -2.72. The monoisotopic (exact) mass is 397 g/mol. The molecule has 0 saturated carbocycles. The zero-order chi connectivity index (χ0) is 20.5. The molecule has 28 heavy (non-hydrogen) atoms. The standard InChI is InChI=1S/C19H25F2N3O4/c1-18(2,3)28-16(25)22-13-4-5-15-14(12-13)24(10-11-27-15)17(26)23-8-6-19(20,21)7-9-23/h4-5,12H,6-11H2,1-3H3,(H,22,25). The van der Waals surface area contributed by atoms with Gasteiger partial charge in [-0.25, -0.2) is 18.4 Å². The Balaban J connectivity index is 1.75. The van der Waals surface area contributed by atoms with E-state index in [0.29, 0.717) is 30.3 Å². The molecule has 1 fully saturated rings. The summed E-state index contributed by atoms with van der Waals surface area (Å²) in [6.45, 7) is 5.90. The van der Waals surface area contributed by atoms with E-state index in [4.69, 9.17) is 9.47 Å². The molecule has 0 spiro atoms. The van der Waals surface area contributed by atoms with Gasteiger partial charge in [0.05, 0.1) is 12.2 Å². The molecule has 1 N–H and O–H groups in total. The van der Waals surface area contributed by atoms with Crippen molar-refractivity contribution in [1.29, 1.82) is 0 Å². The average Bonchev–Trinajstić information content (AvgIpc) is 2.59. The second kappa shape index (κ2) is 7.44. The van der Waals surface area contributed by atoms with E-state index in [0.717, 1.165) is 0 Å². The lowest BCUT2D eigenvalue weighted by Gasteiger charge is -2.37. The second-order valence-electron chi connectivity index (χ2n) is 7.94. The lowest BCUT2D eigenvalue weighted by Crippen LogP contribution is -2.51. The van der Waals surface area contributed by atoms with Crippen LogP contribution in [-0.4, -0.2) is 54.8 Å². The summed E-state index contributed by atoms with van der Waals surface area (Å²) in [5.41, 5.74) is 0.295. The Hall–Kier alpha value is -2.58. The molecule has 154 valence electrons. The number of carbonyl (C=O) groups excluding carboxylic acids is 2. The molecule has 1 aromatic carbocycles. The van der Waals surface area contributed by atoms with Crippen LogP contribution in [0, 0.1) is 0 Å². The quantitative estimate of drug-likeness (QED) is 0.775. The van der Waals surface area contributed by atoms with Crippen LogP contribution >= 0.6 is 0 Å². The Morgan fingerprint density at radius 2 is 1.86 bits per heavy atom. The van der Waals surface area contributed by atoms with Crippen LogP contribution in [0.5, 0.6) is 5.75 Å². The van der Waals surface area contributed by atoms with Crippen molar-refractivity contribution in [3.63, 3.8) is 0 Å².